The molecule has 4 heterocycles. The quantitative estimate of drug-likeness (QED) is 0.811. The molecule has 0 aliphatic carbocycles. The molecule has 0 bridgehead atoms. The lowest BCUT2D eigenvalue weighted by Gasteiger charge is -2.51. The number of nitrogens with zero attached hydrogens (tertiary/aromatic N) is 3. The van der Waals surface area contributed by atoms with Gasteiger partial charge in [0.05, 0.1) is 23.9 Å². The molecule has 2 atom stereocenters. The van der Waals surface area contributed by atoms with Crippen LogP contribution in [-0.4, -0.2) is 68.1 Å². The van der Waals surface area contributed by atoms with Gasteiger partial charge in [0.1, 0.15) is 11.3 Å². The third-order valence-electron chi connectivity index (χ3n) is 6.22. The predicted molar refractivity (Wildman–Crippen MR) is 106 cm³/mol. The molecule has 2 aromatic rings. The van der Waals surface area contributed by atoms with Crippen LogP contribution in [0.3, 0.4) is 0 Å². The first-order valence-corrected chi connectivity index (χ1v) is 10.2. The summed E-state index contributed by atoms with van der Waals surface area (Å²) in [5.41, 5.74) is -0.558. The zero-order valence-corrected chi connectivity index (χ0v) is 16.9. The Labute approximate surface area is 169 Å². The second-order valence-electron chi connectivity index (χ2n) is 8.38. The summed E-state index contributed by atoms with van der Waals surface area (Å²) >= 11 is 0. The number of hydrogen-bond donors (Lipinski definition) is 2. The number of aromatic nitrogens is 2. The van der Waals surface area contributed by atoms with E-state index in [-0.39, 0.29) is 18.4 Å². The first kappa shape index (κ1) is 19.8. The molecule has 8 heteroatoms. The van der Waals surface area contributed by atoms with Crippen LogP contribution in [-0.2, 0) is 9.53 Å². The number of carbonyl (C=O) groups is 2. The van der Waals surface area contributed by atoms with Gasteiger partial charge in [-0.1, -0.05) is 13.0 Å². The molecule has 2 aliphatic rings. The molecule has 4 rings (SSSR count). The largest absolute Gasteiger partial charge is 0.388 e. The van der Waals surface area contributed by atoms with E-state index in [9.17, 15) is 14.7 Å². The highest BCUT2D eigenvalue weighted by Crippen LogP contribution is 2.39. The number of hydrogen-bond acceptors (Lipinski definition) is 5. The fraction of sp³-hybridized carbons (Fsp3) is 0.571. The van der Waals surface area contributed by atoms with Gasteiger partial charge in [-0.2, -0.15) is 0 Å². The number of imidazole rings is 1. The second kappa shape index (κ2) is 7.42. The van der Waals surface area contributed by atoms with E-state index < -0.39 is 17.2 Å². The van der Waals surface area contributed by atoms with Gasteiger partial charge in [-0.3, -0.25) is 9.59 Å². The van der Waals surface area contributed by atoms with Gasteiger partial charge in [-0.25, -0.2) is 4.98 Å². The maximum atomic E-state index is 12.7. The van der Waals surface area contributed by atoms with Crippen LogP contribution in [0.25, 0.3) is 5.65 Å². The van der Waals surface area contributed by atoms with E-state index in [0.717, 1.165) is 0 Å². The van der Waals surface area contributed by atoms with Gasteiger partial charge in [0.15, 0.2) is 0 Å². The Balaban J connectivity index is 1.41. The summed E-state index contributed by atoms with van der Waals surface area (Å²) < 4.78 is 7.96. The van der Waals surface area contributed by atoms with Gasteiger partial charge < -0.3 is 24.5 Å². The lowest BCUT2D eigenvalue weighted by Crippen LogP contribution is -2.64. The number of rotatable bonds is 3. The molecule has 2 N–H and O–H groups in total. The van der Waals surface area contributed by atoms with E-state index in [0.29, 0.717) is 50.1 Å². The highest BCUT2D eigenvalue weighted by molar-refractivity contribution is 5.93. The smallest absolute Gasteiger partial charge is 0.271 e. The summed E-state index contributed by atoms with van der Waals surface area (Å²) in [6.45, 7) is 5.12. The van der Waals surface area contributed by atoms with Gasteiger partial charge in [0, 0.05) is 38.3 Å². The minimum atomic E-state index is -1.11. The first-order chi connectivity index (χ1) is 13.8. The van der Waals surface area contributed by atoms with Gasteiger partial charge in [0.2, 0.25) is 5.91 Å². The van der Waals surface area contributed by atoms with Crippen molar-refractivity contribution < 1.29 is 19.4 Å². The van der Waals surface area contributed by atoms with E-state index in [1.54, 1.807) is 17.5 Å². The highest BCUT2D eigenvalue weighted by Gasteiger charge is 2.49. The van der Waals surface area contributed by atoms with Crippen molar-refractivity contribution in [2.75, 3.05) is 19.7 Å². The van der Waals surface area contributed by atoms with Gasteiger partial charge >= 0.3 is 0 Å². The minimum absolute atomic E-state index is 0.153. The zero-order chi connectivity index (χ0) is 20.6. The van der Waals surface area contributed by atoms with Crippen molar-refractivity contribution in [3.8, 4) is 0 Å². The number of nitrogens with one attached hydrogen (secondary N) is 1. The number of pyridine rings is 1. The van der Waals surface area contributed by atoms with Crippen LogP contribution in [0.5, 0.6) is 0 Å². The summed E-state index contributed by atoms with van der Waals surface area (Å²) in [6.07, 6.45) is 5.82. The van der Waals surface area contributed by atoms with Crippen LogP contribution in [0.4, 0.5) is 0 Å². The van der Waals surface area contributed by atoms with E-state index in [2.05, 4.69) is 10.3 Å². The molecule has 8 nitrogen and oxygen atoms in total. The van der Waals surface area contributed by atoms with Crippen LogP contribution < -0.4 is 5.32 Å². The third-order valence-corrected chi connectivity index (χ3v) is 6.22. The Kier molecular flexibility index (Phi) is 5.08. The fourth-order valence-corrected chi connectivity index (χ4v) is 4.45. The first-order valence-electron chi connectivity index (χ1n) is 10.2. The molecule has 1 spiro atoms. The van der Waals surface area contributed by atoms with Crippen molar-refractivity contribution in [2.45, 2.75) is 56.8 Å². The van der Waals surface area contributed by atoms with Crippen LogP contribution in [0.1, 0.15) is 50.0 Å². The number of piperidine rings is 1. The summed E-state index contributed by atoms with van der Waals surface area (Å²) in [5.74, 6) is -0.179. The fourth-order valence-electron chi connectivity index (χ4n) is 4.45. The molecule has 29 heavy (non-hydrogen) atoms. The normalized spacial score (nSPS) is 26.6. The molecule has 0 unspecified atom stereocenters. The third kappa shape index (κ3) is 3.86. The molecule has 2 aromatic heterocycles. The lowest BCUT2D eigenvalue weighted by atomic mass is 9.75. The van der Waals surface area contributed by atoms with Gasteiger partial charge in [-0.15, -0.1) is 0 Å². The Morgan fingerprint density at radius 1 is 1.34 bits per heavy atom. The molecule has 0 radical (unpaired) electrons. The van der Waals surface area contributed by atoms with Gasteiger partial charge in [0.25, 0.3) is 5.91 Å². The van der Waals surface area contributed by atoms with Crippen molar-refractivity contribution in [1.29, 1.82) is 0 Å². The van der Waals surface area contributed by atoms with E-state index in [4.69, 9.17) is 4.74 Å². The average molecular weight is 400 g/mol. The molecular formula is C21H28N4O4. The minimum Gasteiger partial charge on any atom is -0.388 e. The summed E-state index contributed by atoms with van der Waals surface area (Å²) in [7, 11) is 0. The number of carbonyl (C=O) groups excluding carboxylic acids is 2. The highest BCUT2D eigenvalue weighted by atomic mass is 16.5. The summed E-state index contributed by atoms with van der Waals surface area (Å²) in [5, 5.41) is 14.0. The molecule has 2 amide bonds. The maximum Gasteiger partial charge on any atom is 0.271 e. The summed E-state index contributed by atoms with van der Waals surface area (Å²) in [6, 6.07) is 5.04. The number of likely N-dealkylation sites (tertiary alicyclic amines) is 1. The number of aliphatic hydroxyl groups is 1. The Morgan fingerprint density at radius 2 is 2.10 bits per heavy atom. The Hall–Kier alpha value is -2.45. The molecule has 0 aromatic carbocycles. The molecule has 156 valence electrons. The number of amides is 2. The Bertz CT molecular complexity index is 881. The predicted octanol–water partition coefficient (Wildman–Crippen LogP) is 1.38. The number of fused-ring (bicyclic) bond motifs is 1. The van der Waals surface area contributed by atoms with Crippen LogP contribution in [0, 0.1) is 0 Å². The molecular weight excluding hydrogens is 372 g/mol. The average Bonchev–Trinajstić information content (AvgIpc) is 3.14. The summed E-state index contributed by atoms with van der Waals surface area (Å²) in [4.78, 5) is 30.8. The van der Waals surface area contributed by atoms with Gasteiger partial charge in [-0.05, 0) is 31.9 Å². The van der Waals surface area contributed by atoms with Crippen molar-refractivity contribution in [3.63, 3.8) is 0 Å². The van der Waals surface area contributed by atoms with Crippen molar-refractivity contribution >= 4 is 17.5 Å². The molecule has 0 saturated carbocycles. The zero-order valence-electron chi connectivity index (χ0n) is 16.9. The van der Waals surface area contributed by atoms with Crippen LogP contribution >= 0.6 is 0 Å². The van der Waals surface area contributed by atoms with E-state index in [1.807, 2.05) is 36.2 Å². The SMILES string of the molecule is CCC(=O)N1CCC2(CC1)C[C@](C)(O)[C@@H](NC(=O)c1cn3ccccc3n1)CO2. The van der Waals surface area contributed by atoms with E-state index in [1.165, 1.54) is 0 Å². The molecule has 2 aliphatic heterocycles. The van der Waals surface area contributed by atoms with Crippen molar-refractivity contribution in [2.24, 2.45) is 0 Å². The topological polar surface area (TPSA) is 96.2 Å². The van der Waals surface area contributed by atoms with E-state index >= 15 is 0 Å². The standard InChI is InChI=1S/C21H28N4O4/c1-3-18(26)24-10-7-21(8-11-24)14-20(2,28)16(13-29-21)23-19(27)15-12-25-9-5-4-6-17(25)22-15/h4-6,9,12,16,28H,3,7-8,10-11,13-14H2,1-2H3,(H,23,27)/t16-,20-/m0/s1. The lowest BCUT2D eigenvalue weighted by molar-refractivity contribution is -0.187. The number of ether oxygens (including phenoxy) is 1. The molecule has 2 saturated heterocycles. The second-order valence-corrected chi connectivity index (χ2v) is 8.38. The van der Waals surface area contributed by atoms with Crippen molar-refractivity contribution in [3.05, 3.63) is 36.3 Å². The monoisotopic (exact) mass is 400 g/mol. The molecule has 2 fully saturated rings. The maximum absolute atomic E-state index is 12.7. The van der Waals surface area contributed by atoms with Crippen LogP contribution in [0.15, 0.2) is 30.6 Å². The van der Waals surface area contributed by atoms with Crippen LogP contribution in [0.2, 0.25) is 0 Å². The Morgan fingerprint density at radius 3 is 2.76 bits per heavy atom. The van der Waals surface area contributed by atoms with Crippen molar-refractivity contribution in [1.82, 2.24) is 19.6 Å².